The Morgan fingerprint density at radius 2 is 2.13 bits per heavy atom. The van der Waals surface area contributed by atoms with Crippen LogP contribution in [-0.4, -0.2) is 41.1 Å². The van der Waals surface area contributed by atoms with Gasteiger partial charge in [-0.15, -0.1) is 0 Å². The number of likely N-dealkylation sites (tertiary alicyclic amines) is 1. The quantitative estimate of drug-likeness (QED) is 0.773. The Labute approximate surface area is 91.3 Å². The zero-order valence-corrected chi connectivity index (χ0v) is 9.45. The fraction of sp³-hybridized carbons (Fsp3) is 0.727. The van der Waals surface area contributed by atoms with E-state index in [4.69, 9.17) is 0 Å². The van der Waals surface area contributed by atoms with Crippen molar-refractivity contribution in [1.29, 1.82) is 0 Å². The highest BCUT2D eigenvalue weighted by Crippen LogP contribution is 2.07. The zero-order chi connectivity index (χ0) is 10.5. The lowest BCUT2D eigenvalue weighted by Crippen LogP contribution is -2.25. The van der Waals surface area contributed by atoms with Crippen LogP contribution < -0.4 is 5.32 Å². The predicted molar refractivity (Wildman–Crippen MR) is 60.7 cm³/mol. The van der Waals surface area contributed by atoms with E-state index in [1.807, 2.05) is 13.2 Å². The van der Waals surface area contributed by atoms with Gasteiger partial charge in [0.05, 0.1) is 6.54 Å². The first kappa shape index (κ1) is 10.6. The van der Waals surface area contributed by atoms with Crippen LogP contribution in [-0.2, 0) is 13.1 Å². The van der Waals surface area contributed by atoms with E-state index in [2.05, 4.69) is 26.0 Å². The van der Waals surface area contributed by atoms with Crippen molar-refractivity contribution in [3.63, 3.8) is 0 Å². The topological polar surface area (TPSA) is 33.1 Å². The largest absolute Gasteiger partial charge is 0.333 e. The molecule has 0 bridgehead atoms. The third kappa shape index (κ3) is 2.79. The fourth-order valence-corrected chi connectivity index (χ4v) is 2.12. The van der Waals surface area contributed by atoms with E-state index >= 15 is 0 Å². The first-order valence-electron chi connectivity index (χ1n) is 5.77. The van der Waals surface area contributed by atoms with Crippen LogP contribution in [0.1, 0.15) is 18.7 Å². The molecule has 0 unspecified atom stereocenters. The summed E-state index contributed by atoms with van der Waals surface area (Å²) in [6, 6.07) is 0. The average molecular weight is 208 g/mol. The average Bonchev–Trinajstić information content (AvgIpc) is 2.85. The summed E-state index contributed by atoms with van der Waals surface area (Å²) in [6.07, 6.45) is 6.69. The van der Waals surface area contributed by atoms with Gasteiger partial charge in [-0.25, -0.2) is 4.98 Å². The lowest BCUT2D eigenvalue weighted by molar-refractivity contribution is 0.320. The molecule has 2 heterocycles. The van der Waals surface area contributed by atoms with Gasteiger partial charge < -0.3 is 14.8 Å². The molecule has 1 aliphatic heterocycles. The molecule has 1 aliphatic rings. The molecular weight excluding hydrogens is 188 g/mol. The van der Waals surface area contributed by atoms with Crippen LogP contribution in [0.5, 0.6) is 0 Å². The van der Waals surface area contributed by atoms with Crippen molar-refractivity contribution in [1.82, 2.24) is 19.8 Å². The van der Waals surface area contributed by atoms with Gasteiger partial charge in [-0.2, -0.15) is 0 Å². The zero-order valence-electron chi connectivity index (χ0n) is 9.45. The third-order valence-electron chi connectivity index (χ3n) is 2.99. The Kier molecular flexibility index (Phi) is 3.75. The minimum Gasteiger partial charge on any atom is -0.333 e. The molecule has 1 N–H and O–H groups in total. The van der Waals surface area contributed by atoms with E-state index in [-0.39, 0.29) is 0 Å². The minimum absolute atomic E-state index is 0.854. The molecule has 0 saturated carbocycles. The number of hydrogen-bond acceptors (Lipinski definition) is 3. The fourth-order valence-electron chi connectivity index (χ4n) is 2.12. The smallest absolute Gasteiger partial charge is 0.122 e. The van der Waals surface area contributed by atoms with Gasteiger partial charge >= 0.3 is 0 Å². The van der Waals surface area contributed by atoms with Crippen molar-refractivity contribution in [3.05, 3.63) is 18.2 Å². The molecular formula is C11H20N4. The predicted octanol–water partition coefficient (Wildman–Crippen LogP) is 0.698. The van der Waals surface area contributed by atoms with Gasteiger partial charge in [-0.1, -0.05) is 0 Å². The van der Waals surface area contributed by atoms with E-state index < -0.39 is 0 Å². The van der Waals surface area contributed by atoms with Gasteiger partial charge in [0.15, 0.2) is 0 Å². The van der Waals surface area contributed by atoms with Crippen LogP contribution in [0.25, 0.3) is 0 Å². The van der Waals surface area contributed by atoms with Crippen LogP contribution >= 0.6 is 0 Å². The summed E-state index contributed by atoms with van der Waals surface area (Å²) >= 11 is 0. The van der Waals surface area contributed by atoms with Crippen molar-refractivity contribution >= 4 is 0 Å². The molecule has 84 valence electrons. The maximum atomic E-state index is 4.33. The normalized spacial score (nSPS) is 17.4. The number of aromatic nitrogens is 2. The number of rotatable bonds is 5. The molecule has 0 atom stereocenters. The van der Waals surface area contributed by atoms with Gasteiger partial charge in [0.1, 0.15) is 5.82 Å². The SMILES string of the molecule is CNCc1nccn1CCN1CCCC1. The molecule has 1 fully saturated rings. The van der Waals surface area contributed by atoms with E-state index in [0.717, 1.165) is 25.5 Å². The Morgan fingerprint density at radius 3 is 2.87 bits per heavy atom. The van der Waals surface area contributed by atoms with Crippen LogP contribution in [0.15, 0.2) is 12.4 Å². The Morgan fingerprint density at radius 1 is 1.33 bits per heavy atom. The highest BCUT2D eigenvalue weighted by Gasteiger charge is 2.11. The van der Waals surface area contributed by atoms with Crippen molar-refractivity contribution in [2.45, 2.75) is 25.9 Å². The summed E-state index contributed by atoms with van der Waals surface area (Å²) in [4.78, 5) is 6.86. The second-order valence-corrected chi connectivity index (χ2v) is 4.12. The molecule has 15 heavy (non-hydrogen) atoms. The maximum absolute atomic E-state index is 4.33. The van der Waals surface area contributed by atoms with Crippen LogP contribution in [0.4, 0.5) is 0 Å². The van der Waals surface area contributed by atoms with E-state index in [9.17, 15) is 0 Å². The van der Waals surface area contributed by atoms with Crippen LogP contribution in [0.3, 0.4) is 0 Å². The highest BCUT2D eigenvalue weighted by atomic mass is 15.2. The van der Waals surface area contributed by atoms with E-state index in [0.29, 0.717) is 0 Å². The standard InChI is InChI=1S/C11H20N4/c1-12-10-11-13-4-7-15(11)9-8-14-5-2-3-6-14/h4,7,12H,2-3,5-6,8-10H2,1H3. The van der Waals surface area contributed by atoms with E-state index in [1.165, 1.54) is 25.9 Å². The van der Waals surface area contributed by atoms with Gasteiger partial charge in [0, 0.05) is 25.5 Å². The molecule has 0 spiro atoms. The highest BCUT2D eigenvalue weighted by molar-refractivity contribution is 4.91. The van der Waals surface area contributed by atoms with Crippen molar-refractivity contribution in [2.24, 2.45) is 0 Å². The molecule has 0 amide bonds. The van der Waals surface area contributed by atoms with Gasteiger partial charge in [-0.3, -0.25) is 0 Å². The Bertz CT molecular complexity index is 289. The molecule has 1 aromatic heterocycles. The number of nitrogens with one attached hydrogen (secondary N) is 1. The van der Waals surface area contributed by atoms with Crippen LogP contribution in [0.2, 0.25) is 0 Å². The monoisotopic (exact) mass is 208 g/mol. The molecule has 4 heteroatoms. The van der Waals surface area contributed by atoms with Crippen molar-refractivity contribution in [3.8, 4) is 0 Å². The summed E-state index contributed by atoms with van der Waals surface area (Å²) in [6.45, 7) is 5.63. The lowest BCUT2D eigenvalue weighted by atomic mass is 10.4. The van der Waals surface area contributed by atoms with Gasteiger partial charge in [0.25, 0.3) is 0 Å². The second-order valence-electron chi connectivity index (χ2n) is 4.12. The third-order valence-corrected chi connectivity index (χ3v) is 2.99. The molecule has 0 aromatic carbocycles. The van der Waals surface area contributed by atoms with Crippen molar-refractivity contribution < 1.29 is 0 Å². The molecule has 0 aliphatic carbocycles. The lowest BCUT2D eigenvalue weighted by Gasteiger charge is -2.15. The maximum Gasteiger partial charge on any atom is 0.122 e. The molecule has 4 nitrogen and oxygen atoms in total. The van der Waals surface area contributed by atoms with Gasteiger partial charge in [-0.05, 0) is 33.0 Å². The van der Waals surface area contributed by atoms with E-state index in [1.54, 1.807) is 0 Å². The summed E-state index contributed by atoms with van der Waals surface area (Å²) in [5.41, 5.74) is 0. The second kappa shape index (κ2) is 5.28. The molecule has 0 radical (unpaired) electrons. The Balaban J connectivity index is 1.83. The minimum atomic E-state index is 0.854. The molecule has 2 rings (SSSR count). The van der Waals surface area contributed by atoms with Crippen LogP contribution in [0, 0.1) is 0 Å². The summed E-state index contributed by atoms with van der Waals surface area (Å²) in [5.74, 6) is 1.14. The Hall–Kier alpha value is -0.870. The summed E-state index contributed by atoms with van der Waals surface area (Å²) in [7, 11) is 1.96. The summed E-state index contributed by atoms with van der Waals surface area (Å²) in [5, 5.41) is 3.14. The number of hydrogen-bond donors (Lipinski definition) is 1. The first-order chi connectivity index (χ1) is 7.40. The summed E-state index contributed by atoms with van der Waals surface area (Å²) < 4.78 is 2.24. The van der Waals surface area contributed by atoms with Crippen molar-refractivity contribution in [2.75, 3.05) is 26.7 Å². The number of nitrogens with zero attached hydrogens (tertiary/aromatic N) is 3. The van der Waals surface area contributed by atoms with Gasteiger partial charge in [0.2, 0.25) is 0 Å². The number of imidazole rings is 1. The molecule has 1 saturated heterocycles. The molecule has 1 aromatic rings. The first-order valence-corrected chi connectivity index (χ1v) is 5.77.